The van der Waals surface area contributed by atoms with Gasteiger partial charge in [0, 0.05) is 12.0 Å². The Morgan fingerprint density at radius 3 is 2.87 bits per heavy atom. The van der Waals surface area contributed by atoms with Gasteiger partial charge in [0.2, 0.25) is 4.96 Å². The molecule has 6 heteroatoms. The van der Waals surface area contributed by atoms with Crippen LogP contribution in [0.2, 0.25) is 0 Å². The maximum Gasteiger partial charge on any atom is 0.214 e. The van der Waals surface area contributed by atoms with Crippen molar-refractivity contribution >= 4 is 16.3 Å². The Kier molecular flexibility index (Phi) is 4.30. The lowest BCUT2D eigenvalue weighted by Gasteiger charge is -2.06. The van der Waals surface area contributed by atoms with E-state index in [1.54, 1.807) is 23.0 Å². The lowest BCUT2D eigenvalue weighted by Crippen LogP contribution is -1.93. The highest BCUT2D eigenvalue weighted by molar-refractivity contribution is 7.16. The largest absolute Gasteiger partial charge is 0.496 e. The first-order valence-electron chi connectivity index (χ1n) is 7.61. The normalized spacial score (nSPS) is 10.9. The fourth-order valence-corrected chi connectivity index (χ4v) is 3.48. The molecule has 0 spiro atoms. The minimum Gasteiger partial charge on any atom is -0.496 e. The average Bonchev–Trinajstić information content (AvgIpc) is 3.09. The van der Waals surface area contributed by atoms with Gasteiger partial charge in [-0.15, -0.1) is 0 Å². The van der Waals surface area contributed by atoms with Crippen LogP contribution in [0.5, 0.6) is 5.75 Å². The molecule has 0 fully saturated rings. The van der Waals surface area contributed by atoms with E-state index in [4.69, 9.17) is 4.74 Å². The van der Waals surface area contributed by atoms with Gasteiger partial charge in [-0.2, -0.15) is 14.9 Å². The Balaban J connectivity index is 2.06. The van der Waals surface area contributed by atoms with Gasteiger partial charge in [-0.25, -0.2) is 4.98 Å². The number of aryl methyl sites for hydroxylation is 2. The highest BCUT2D eigenvalue weighted by Crippen LogP contribution is 2.30. The van der Waals surface area contributed by atoms with E-state index in [9.17, 15) is 5.26 Å². The molecule has 3 rings (SSSR count). The standard InChI is InChI=1S/C17H18N4OS/c1-4-5-6-15-20-21-13(10-18)16(19-17(21)23-15)12-7-8-14(22-3)11(2)9-12/h7-9H,4-6H2,1-3H3. The first kappa shape index (κ1) is 15.5. The van der Waals surface area contributed by atoms with Crippen molar-refractivity contribution in [1.82, 2.24) is 14.6 Å². The van der Waals surface area contributed by atoms with Crippen LogP contribution in [0.3, 0.4) is 0 Å². The van der Waals surface area contributed by atoms with Gasteiger partial charge in [-0.05, 0) is 37.1 Å². The maximum atomic E-state index is 9.55. The molecule has 0 saturated heterocycles. The van der Waals surface area contributed by atoms with Gasteiger partial charge in [0.05, 0.1) is 7.11 Å². The molecular weight excluding hydrogens is 308 g/mol. The Morgan fingerprint density at radius 2 is 2.22 bits per heavy atom. The molecule has 0 amide bonds. The number of rotatable bonds is 5. The summed E-state index contributed by atoms with van der Waals surface area (Å²) in [7, 11) is 1.65. The molecule has 0 N–H and O–H groups in total. The van der Waals surface area contributed by atoms with Gasteiger partial charge < -0.3 is 4.74 Å². The Morgan fingerprint density at radius 1 is 1.39 bits per heavy atom. The van der Waals surface area contributed by atoms with Gasteiger partial charge in [0.25, 0.3) is 0 Å². The van der Waals surface area contributed by atoms with Crippen LogP contribution in [0.15, 0.2) is 18.2 Å². The lowest BCUT2D eigenvalue weighted by atomic mass is 10.1. The third-order valence-corrected chi connectivity index (χ3v) is 4.73. The molecule has 0 radical (unpaired) electrons. The quantitative estimate of drug-likeness (QED) is 0.711. The predicted molar refractivity (Wildman–Crippen MR) is 90.9 cm³/mol. The van der Waals surface area contributed by atoms with Crippen LogP contribution in [0.4, 0.5) is 0 Å². The number of aromatic nitrogens is 3. The number of nitriles is 1. The smallest absolute Gasteiger partial charge is 0.214 e. The summed E-state index contributed by atoms with van der Waals surface area (Å²) in [6, 6.07) is 8.07. The number of imidazole rings is 1. The lowest BCUT2D eigenvalue weighted by molar-refractivity contribution is 0.412. The fourth-order valence-electron chi connectivity index (χ4n) is 2.54. The number of ether oxygens (including phenoxy) is 1. The highest BCUT2D eigenvalue weighted by atomic mass is 32.1. The van der Waals surface area contributed by atoms with Gasteiger partial charge in [-0.1, -0.05) is 24.7 Å². The van der Waals surface area contributed by atoms with Gasteiger partial charge in [0.1, 0.15) is 22.5 Å². The predicted octanol–water partition coefficient (Wildman–Crippen LogP) is 3.99. The number of unbranched alkanes of at least 4 members (excludes halogenated alkanes) is 1. The van der Waals surface area contributed by atoms with Gasteiger partial charge >= 0.3 is 0 Å². The van der Waals surface area contributed by atoms with E-state index in [0.29, 0.717) is 11.4 Å². The molecule has 5 nitrogen and oxygen atoms in total. The van der Waals surface area contributed by atoms with E-state index in [1.807, 2.05) is 25.1 Å². The second kappa shape index (κ2) is 6.39. The molecule has 3 aromatic rings. The topological polar surface area (TPSA) is 63.2 Å². The van der Waals surface area contributed by atoms with Crippen LogP contribution < -0.4 is 4.74 Å². The van der Waals surface area contributed by atoms with Crippen molar-refractivity contribution < 1.29 is 4.74 Å². The van der Waals surface area contributed by atoms with E-state index in [0.717, 1.165) is 46.1 Å². The van der Waals surface area contributed by atoms with Crippen LogP contribution in [-0.2, 0) is 6.42 Å². The van der Waals surface area contributed by atoms with E-state index in [2.05, 4.69) is 23.1 Å². The number of nitrogens with zero attached hydrogens (tertiary/aromatic N) is 4. The maximum absolute atomic E-state index is 9.55. The second-order valence-corrected chi connectivity index (χ2v) is 6.44. The molecule has 2 heterocycles. The Bertz CT molecular complexity index is 888. The minimum absolute atomic E-state index is 0.489. The first-order valence-corrected chi connectivity index (χ1v) is 8.43. The van der Waals surface area contributed by atoms with Crippen LogP contribution in [-0.4, -0.2) is 21.7 Å². The summed E-state index contributed by atoms with van der Waals surface area (Å²) in [5, 5.41) is 15.1. The molecular formula is C17H18N4OS. The Hall–Kier alpha value is -2.39. The van der Waals surface area contributed by atoms with E-state index in [1.165, 1.54) is 0 Å². The van der Waals surface area contributed by atoms with Crippen LogP contribution in [0.25, 0.3) is 16.2 Å². The number of hydrogen-bond acceptors (Lipinski definition) is 5. The molecule has 0 aliphatic rings. The van der Waals surface area contributed by atoms with Crippen molar-refractivity contribution in [2.24, 2.45) is 0 Å². The number of methoxy groups -OCH3 is 1. The molecule has 23 heavy (non-hydrogen) atoms. The van der Waals surface area contributed by atoms with Crippen molar-refractivity contribution in [3.63, 3.8) is 0 Å². The van der Waals surface area contributed by atoms with Crippen molar-refractivity contribution in [3.05, 3.63) is 34.5 Å². The number of hydrogen-bond donors (Lipinski definition) is 0. The zero-order chi connectivity index (χ0) is 16.4. The van der Waals surface area contributed by atoms with Crippen LogP contribution in [0.1, 0.15) is 36.0 Å². The molecule has 118 valence electrons. The number of benzene rings is 1. The summed E-state index contributed by atoms with van der Waals surface area (Å²) < 4.78 is 6.96. The molecule has 0 saturated carbocycles. The third-order valence-electron chi connectivity index (χ3n) is 3.76. The average molecular weight is 326 g/mol. The zero-order valence-electron chi connectivity index (χ0n) is 13.5. The van der Waals surface area contributed by atoms with Crippen molar-refractivity contribution in [1.29, 1.82) is 5.26 Å². The van der Waals surface area contributed by atoms with Crippen molar-refractivity contribution in [2.75, 3.05) is 7.11 Å². The van der Waals surface area contributed by atoms with E-state index in [-0.39, 0.29) is 0 Å². The minimum atomic E-state index is 0.489. The zero-order valence-corrected chi connectivity index (χ0v) is 14.3. The van der Waals surface area contributed by atoms with E-state index >= 15 is 0 Å². The van der Waals surface area contributed by atoms with Crippen LogP contribution in [0, 0.1) is 18.3 Å². The third kappa shape index (κ3) is 2.80. The summed E-state index contributed by atoms with van der Waals surface area (Å²) in [5.74, 6) is 0.827. The molecule has 1 aromatic carbocycles. The van der Waals surface area contributed by atoms with Gasteiger partial charge in [0.15, 0.2) is 5.69 Å². The molecule has 0 aliphatic carbocycles. The molecule has 2 aromatic heterocycles. The Labute approximate surface area is 139 Å². The number of fused-ring (bicyclic) bond motifs is 1. The molecule has 0 aliphatic heterocycles. The van der Waals surface area contributed by atoms with Crippen LogP contribution >= 0.6 is 11.3 Å². The SMILES string of the molecule is CCCCc1nn2c(C#N)c(-c3ccc(OC)c(C)c3)nc2s1. The fraction of sp³-hybridized carbons (Fsp3) is 0.353. The molecule has 0 unspecified atom stereocenters. The van der Waals surface area contributed by atoms with E-state index < -0.39 is 0 Å². The summed E-state index contributed by atoms with van der Waals surface area (Å²) >= 11 is 1.56. The highest BCUT2D eigenvalue weighted by Gasteiger charge is 2.18. The summed E-state index contributed by atoms with van der Waals surface area (Å²) in [5.41, 5.74) is 3.09. The monoisotopic (exact) mass is 326 g/mol. The summed E-state index contributed by atoms with van der Waals surface area (Å²) in [6.07, 6.45) is 3.17. The molecule has 0 atom stereocenters. The van der Waals surface area contributed by atoms with Crippen molar-refractivity contribution in [2.45, 2.75) is 33.1 Å². The summed E-state index contributed by atoms with van der Waals surface area (Å²) in [6.45, 7) is 4.14. The summed E-state index contributed by atoms with van der Waals surface area (Å²) in [4.78, 5) is 5.41. The second-order valence-electron chi connectivity index (χ2n) is 5.40. The molecule has 0 bridgehead atoms. The first-order chi connectivity index (χ1) is 11.2. The van der Waals surface area contributed by atoms with Crippen molar-refractivity contribution in [3.8, 4) is 23.1 Å². The van der Waals surface area contributed by atoms with Gasteiger partial charge in [-0.3, -0.25) is 0 Å².